The molecule has 0 bridgehead atoms. The molecule has 1 fully saturated rings. The van der Waals surface area contributed by atoms with Gasteiger partial charge >= 0.3 is 0 Å². The van der Waals surface area contributed by atoms with Crippen LogP contribution in [0.3, 0.4) is 0 Å². The molecule has 106 valence electrons. The summed E-state index contributed by atoms with van der Waals surface area (Å²) in [6, 6.07) is 8.93. The van der Waals surface area contributed by atoms with Gasteiger partial charge in [-0.3, -0.25) is 0 Å². The third-order valence-electron chi connectivity index (χ3n) is 3.99. The topological polar surface area (TPSA) is 38.5 Å². The minimum Gasteiger partial charge on any atom is -0.377 e. The van der Waals surface area contributed by atoms with Gasteiger partial charge in [0.15, 0.2) is 0 Å². The van der Waals surface area contributed by atoms with Crippen molar-refractivity contribution in [1.82, 2.24) is 4.90 Å². The summed E-state index contributed by atoms with van der Waals surface area (Å²) in [5, 5.41) is 0. The van der Waals surface area contributed by atoms with Crippen molar-refractivity contribution in [2.24, 2.45) is 5.73 Å². The van der Waals surface area contributed by atoms with E-state index < -0.39 is 0 Å². The smallest absolute Gasteiger partial charge is 0.0702 e. The van der Waals surface area contributed by atoms with Crippen LogP contribution >= 0.6 is 15.9 Å². The van der Waals surface area contributed by atoms with Crippen LogP contribution in [0.2, 0.25) is 0 Å². The van der Waals surface area contributed by atoms with Crippen LogP contribution in [0.4, 0.5) is 0 Å². The predicted octanol–water partition coefficient (Wildman–Crippen LogP) is 2.95. The van der Waals surface area contributed by atoms with E-state index in [1.165, 1.54) is 5.56 Å². The Labute approximate surface area is 124 Å². The normalized spacial score (nSPS) is 24.9. The summed E-state index contributed by atoms with van der Waals surface area (Å²) in [6.45, 7) is 4.05. The fourth-order valence-corrected chi connectivity index (χ4v) is 2.95. The van der Waals surface area contributed by atoms with Gasteiger partial charge in [-0.05, 0) is 44.5 Å². The third kappa shape index (κ3) is 4.02. The van der Waals surface area contributed by atoms with Gasteiger partial charge in [-0.15, -0.1) is 0 Å². The number of nitrogens with zero attached hydrogens (tertiary/aromatic N) is 1. The number of hydrogen-bond acceptors (Lipinski definition) is 3. The van der Waals surface area contributed by atoms with Gasteiger partial charge in [0, 0.05) is 29.7 Å². The van der Waals surface area contributed by atoms with E-state index in [0.717, 1.165) is 30.5 Å². The van der Waals surface area contributed by atoms with E-state index in [0.29, 0.717) is 12.1 Å². The molecule has 3 atom stereocenters. The largest absolute Gasteiger partial charge is 0.377 e. The Kier molecular flexibility index (Phi) is 5.39. The maximum Gasteiger partial charge on any atom is 0.0702 e. The third-order valence-corrected chi connectivity index (χ3v) is 4.52. The van der Waals surface area contributed by atoms with Gasteiger partial charge in [-0.2, -0.15) is 0 Å². The second-order valence-corrected chi connectivity index (χ2v) is 6.27. The van der Waals surface area contributed by atoms with Crippen molar-refractivity contribution in [3.63, 3.8) is 0 Å². The van der Waals surface area contributed by atoms with Gasteiger partial charge in [-0.1, -0.05) is 28.1 Å². The fraction of sp³-hybridized carbons (Fsp3) is 0.600. The number of hydrogen-bond donors (Lipinski definition) is 1. The molecule has 0 spiro atoms. The standard InChI is InChI=1S/C15H23BrN2O/c1-11-15(8-10-19-11)18(2)9-7-14(17)12-3-5-13(16)6-4-12/h3-6,11,14-15H,7-10,17H2,1-2H3. The Morgan fingerprint density at radius 2 is 2.11 bits per heavy atom. The molecule has 0 radical (unpaired) electrons. The first kappa shape index (κ1) is 15.0. The number of likely N-dealkylation sites (N-methyl/N-ethyl adjacent to an activating group) is 1. The first-order valence-electron chi connectivity index (χ1n) is 6.91. The lowest BCUT2D eigenvalue weighted by molar-refractivity contribution is 0.0827. The zero-order valence-corrected chi connectivity index (χ0v) is 13.3. The van der Waals surface area contributed by atoms with Gasteiger partial charge < -0.3 is 15.4 Å². The Bertz CT molecular complexity index is 396. The molecule has 1 aliphatic rings. The van der Waals surface area contributed by atoms with E-state index in [2.05, 4.69) is 46.9 Å². The van der Waals surface area contributed by atoms with Crippen LogP contribution < -0.4 is 5.73 Å². The van der Waals surface area contributed by atoms with E-state index in [1.54, 1.807) is 0 Å². The molecule has 3 nitrogen and oxygen atoms in total. The predicted molar refractivity (Wildman–Crippen MR) is 82.1 cm³/mol. The van der Waals surface area contributed by atoms with Crippen LogP contribution in [0.5, 0.6) is 0 Å². The van der Waals surface area contributed by atoms with Crippen molar-refractivity contribution in [2.75, 3.05) is 20.2 Å². The molecule has 1 heterocycles. The molecule has 2 rings (SSSR count). The highest BCUT2D eigenvalue weighted by molar-refractivity contribution is 9.10. The number of halogens is 1. The van der Waals surface area contributed by atoms with Crippen LogP contribution in [0.1, 0.15) is 31.4 Å². The summed E-state index contributed by atoms with van der Waals surface area (Å²) in [5.41, 5.74) is 7.45. The minimum atomic E-state index is 0.105. The average Bonchev–Trinajstić information content (AvgIpc) is 2.83. The molecule has 0 aromatic heterocycles. The summed E-state index contributed by atoms with van der Waals surface area (Å²) >= 11 is 3.45. The molecular weight excluding hydrogens is 304 g/mol. The van der Waals surface area contributed by atoms with Crippen LogP contribution in [0, 0.1) is 0 Å². The fourth-order valence-electron chi connectivity index (χ4n) is 2.68. The van der Waals surface area contributed by atoms with Gasteiger partial charge in [0.2, 0.25) is 0 Å². The van der Waals surface area contributed by atoms with E-state index in [-0.39, 0.29) is 6.04 Å². The lowest BCUT2D eigenvalue weighted by Crippen LogP contribution is -2.38. The quantitative estimate of drug-likeness (QED) is 0.904. The van der Waals surface area contributed by atoms with Gasteiger partial charge in [0.1, 0.15) is 0 Å². The molecule has 2 N–H and O–H groups in total. The van der Waals surface area contributed by atoms with Crippen LogP contribution in [-0.2, 0) is 4.74 Å². The van der Waals surface area contributed by atoms with Crippen molar-refractivity contribution >= 4 is 15.9 Å². The highest BCUT2D eigenvalue weighted by atomic mass is 79.9. The van der Waals surface area contributed by atoms with Gasteiger partial charge in [0.05, 0.1) is 6.10 Å². The highest BCUT2D eigenvalue weighted by Gasteiger charge is 2.27. The van der Waals surface area contributed by atoms with E-state index in [1.807, 2.05) is 12.1 Å². The lowest BCUT2D eigenvalue weighted by atomic mass is 10.0. The molecule has 0 amide bonds. The molecule has 1 aliphatic heterocycles. The first-order chi connectivity index (χ1) is 9.08. The molecular formula is C15H23BrN2O. The van der Waals surface area contributed by atoms with Gasteiger partial charge in [0.25, 0.3) is 0 Å². The average molecular weight is 327 g/mol. The van der Waals surface area contributed by atoms with Crippen LogP contribution in [0.25, 0.3) is 0 Å². The summed E-state index contributed by atoms with van der Waals surface area (Å²) in [7, 11) is 2.17. The van der Waals surface area contributed by atoms with E-state index in [4.69, 9.17) is 10.5 Å². The molecule has 1 aromatic rings. The van der Waals surface area contributed by atoms with E-state index in [9.17, 15) is 0 Å². The Balaban J connectivity index is 1.82. The minimum absolute atomic E-state index is 0.105. The van der Waals surface area contributed by atoms with Crippen molar-refractivity contribution in [2.45, 2.75) is 38.0 Å². The summed E-state index contributed by atoms with van der Waals surface area (Å²) in [4.78, 5) is 2.39. The van der Waals surface area contributed by atoms with Crippen molar-refractivity contribution in [1.29, 1.82) is 0 Å². The number of ether oxygens (including phenoxy) is 1. The molecule has 4 heteroatoms. The van der Waals surface area contributed by atoms with Crippen molar-refractivity contribution < 1.29 is 4.74 Å². The Morgan fingerprint density at radius 1 is 1.42 bits per heavy atom. The SMILES string of the molecule is CC1OCCC1N(C)CCC(N)c1ccc(Br)cc1. The van der Waals surface area contributed by atoms with Gasteiger partial charge in [-0.25, -0.2) is 0 Å². The van der Waals surface area contributed by atoms with E-state index >= 15 is 0 Å². The van der Waals surface area contributed by atoms with Crippen molar-refractivity contribution in [3.05, 3.63) is 34.3 Å². The maximum atomic E-state index is 6.25. The zero-order chi connectivity index (χ0) is 13.8. The Hall–Kier alpha value is -0.420. The number of benzene rings is 1. The maximum absolute atomic E-state index is 6.25. The monoisotopic (exact) mass is 326 g/mol. The van der Waals surface area contributed by atoms with Crippen molar-refractivity contribution in [3.8, 4) is 0 Å². The Morgan fingerprint density at radius 3 is 2.68 bits per heavy atom. The molecule has 0 aliphatic carbocycles. The highest BCUT2D eigenvalue weighted by Crippen LogP contribution is 2.21. The second kappa shape index (κ2) is 6.84. The number of rotatable bonds is 5. The first-order valence-corrected chi connectivity index (χ1v) is 7.70. The molecule has 19 heavy (non-hydrogen) atoms. The molecule has 1 aromatic carbocycles. The molecule has 3 unspecified atom stereocenters. The second-order valence-electron chi connectivity index (χ2n) is 5.36. The summed E-state index contributed by atoms with van der Waals surface area (Å²) in [5.74, 6) is 0. The summed E-state index contributed by atoms with van der Waals surface area (Å²) < 4.78 is 6.71. The number of nitrogens with two attached hydrogens (primary N) is 1. The summed E-state index contributed by atoms with van der Waals surface area (Å²) in [6.07, 6.45) is 2.45. The molecule has 1 saturated heterocycles. The van der Waals surface area contributed by atoms with Crippen LogP contribution in [-0.4, -0.2) is 37.2 Å². The lowest BCUT2D eigenvalue weighted by Gasteiger charge is -2.27. The van der Waals surface area contributed by atoms with Crippen LogP contribution in [0.15, 0.2) is 28.7 Å². The zero-order valence-electron chi connectivity index (χ0n) is 11.7. The molecule has 0 saturated carbocycles.